The number of aromatic nitrogens is 1. The summed E-state index contributed by atoms with van der Waals surface area (Å²) in [4.78, 5) is 16.4. The largest absolute Gasteiger partial charge is 1.00 e. The van der Waals surface area contributed by atoms with Crippen LogP contribution >= 0.6 is 23.4 Å². The number of aryl methyl sites for hydroxylation is 1. The Bertz CT molecular complexity index is 1090. The Kier molecular flexibility index (Phi) is 12.1. The molecule has 34 heavy (non-hydrogen) atoms. The molecule has 0 aliphatic carbocycles. The molecule has 0 saturated heterocycles. The van der Waals surface area contributed by atoms with E-state index in [-0.39, 0.29) is 18.9 Å². The number of pyridine rings is 1. The molecule has 0 unspecified atom stereocenters. The Hall–Kier alpha value is -2.36. The molecule has 0 saturated carbocycles. The zero-order chi connectivity index (χ0) is 23.5. The SMILES string of the molecule is COc1ccc(CCCCOc2ccc(CSc3ccccc3Cl)nc2/C=C/C(=O)[O-])cc1.[Li+]. The quantitative estimate of drug-likeness (QED) is 0.168. The Morgan fingerprint density at radius 2 is 1.85 bits per heavy atom. The number of nitrogens with zero attached hydrogens (tertiary/aromatic N) is 1. The zero-order valence-electron chi connectivity index (χ0n) is 19.3. The van der Waals surface area contributed by atoms with Crippen LogP contribution in [-0.2, 0) is 17.0 Å². The van der Waals surface area contributed by atoms with Crippen molar-refractivity contribution in [3.63, 3.8) is 0 Å². The van der Waals surface area contributed by atoms with Gasteiger partial charge >= 0.3 is 18.9 Å². The van der Waals surface area contributed by atoms with E-state index in [4.69, 9.17) is 21.1 Å². The van der Waals surface area contributed by atoms with Crippen molar-refractivity contribution in [2.75, 3.05) is 13.7 Å². The number of ether oxygens (including phenoxy) is 2. The fraction of sp³-hybridized carbons (Fsp3) is 0.231. The molecule has 3 aromatic rings. The monoisotopic (exact) mass is 489 g/mol. The molecule has 0 spiro atoms. The number of rotatable bonds is 12. The Morgan fingerprint density at radius 3 is 2.56 bits per heavy atom. The summed E-state index contributed by atoms with van der Waals surface area (Å²) in [6.07, 6.45) is 5.15. The maximum Gasteiger partial charge on any atom is 1.00 e. The predicted octanol–water partition coefficient (Wildman–Crippen LogP) is 2.20. The summed E-state index contributed by atoms with van der Waals surface area (Å²) >= 11 is 7.78. The number of aliphatic carboxylic acids is 1. The summed E-state index contributed by atoms with van der Waals surface area (Å²) in [5.74, 6) is 0.708. The number of carboxylic acid groups (broad SMARTS) is 1. The fourth-order valence-corrected chi connectivity index (χ4v) is 4.24. The van der Waals surface area contributed by atoms with E-state index >= 15 is 0 Å². The topological polar surface area (TPSA) is 71.5 Å². The van der Waals surface area contributed by atoms with Crippen LogP contribution < -0.4 is 33.4 Å². The van der Waals surface area contributed by atoms with Crippen LogP contribution in [0.4, 0.5) is 0 Å². The average Bonchev–Trinajstić information content (AvgIpc) is 2.83. The van der Waals surface area contributed by atoms with E-state index in [0.29, 0.717) is 28.8 Å². The van der Waals surface area contributed by atoms with Crippen LogP contribution in [0.1, 0.15) is 29.8 Å². The summed E-state index contributed by atoms with van der Waals surface area (Å²) in [6, 6.07) is 19.4. The number of halogens is 1. The van der Waals surface area contributed by atoms with Crippen LogP contribution in [0.5, 0.6) is 11.5 Å². The first-order valence-corrected chi connectivity index (χ1v) is 11.9. The molecule has 8 heteroatoms. The molecule has 172 valence electrons. The molecule has 0 fully saturated rings. The van der Waals surface area contributed by atoms with E-state index in [2.05, 4.69) is 17.1 Å². The van der Waals surface area contributed by atoms with E-state index in [1.807, 2.05) is 48.5 Å². The third kappa shape index (κ3) is 9.12. The summed E-state index contributed by atoms with van der Waals surface area (Å²) in [7, 11) is 1.65. The third-order valence-corrected chi connectivity index (χ3v) is 6.36. The number of methoxy groups -OCH3 is 1. The average molecular weight is 490 g/mol. The molecule has 0 radical (unpaired) electrons. The number of carbonyl (C=O) groups excluding carboxylic acids is 1. The molecule has 3 rings (SSSR count). The molecule has 0 N–H and O–H groups in total. The van der Waals surface area contributed by atoms with E-state index in [1.54, 1.807) is 18.9 Å². The van der Waals surface area contributed by atoms with E-state index in [1.165, 1.54) is 11.6 Å². The molecular formula is C26H25ClLiNO4S. The van der Waals surface area contributed by atoms with Gasteiger partial charge in [-0.25, -0.2) is 4.98 Å². The Balaban J connectivity index is 0.00000408. The fourth-order valence-electron chi connectivity index (χ4n) is 3.09. The zero-order valence-corrected chi connectivity index (χ0v) is 20.9. The number of carboxylic acids is 1. The summed E-state index contributed by atoms with van der Waals surface area (Å²) < 4.78 is 11.1. The number of hydrogen-bond acceptors (Lipinski definition) is 6. The number of benzene rings is 2. The predicted molar refractivity (Wildman–Crippen MR) is 131 cm³/mol. The van der Waals surface area contributed by atoms with Gasteiger partial charge in [0, 0.05) is 10.6 Å². The van der Waals surface area contributed by atoms with Crippen molar-refractivity contribution in [3.05, 3.63) is 88.7 Å². The van der Waals surface area contributed by atoms with Gasteiger partial charge in [0.25, 0.3) is 0 Å². The number of hydrogen-bond donors (Lipinski definition) is 0. The van der Waals surface area contributed by atoms with E-state index < -0.39 is 5.97 Å². The van der Waals surface area contributed by atoms with Gasteiger partial charge in [-0.1, -0.05) is 35.9 Å². The normalized spacial score (nSPS) is 10.6. The minimum atomic E-state index is -1.28. The van der Waals surface area contributed by atoms with Crippen LogP contribution in [0.2, 0.25) is 5.02 Å². The number of unbranched alkanes of at least 4 members (excludes halogenated alkanes) is 1. The van der Waals surface area contributed by atoms with E-state index in [9.17, 15) is 9.90 Å². The third-order valence-electron chi connectivity index (χ3n) is 4.81. The second kappa shape index (κ2) is 14.8. The van der Waals surface area contributed by atoms with Gasteiger partial charge in [0.1, 0.15) is 17.2 Å². The molecule has 5 nitrogen and oxygen atoms in total. The standard InChI is InChI=1S/C26H26ClNO4S.Li/c1-31-21-12-9-19(10-13-21)6-4-5-17-32-24-15-11-20(28-23(24)14-16-26(29)30)18-33-25-8-3-2-7-22(25)27;/h2-3,7-16H,4-6,17-18H2,1H3,(H,29,30);/q;+1/p-1/b16-14+;. The molecule has 1 aromatic heterocycles. The van der Waals surface area contributed by atoms with Crippen LogP contribution in [0.25, 0.3) is 6.08 Å². The van der Waals surface area contributed by atoms with Crippen molar-refractivity contribution in [2.24, 2.45) is 0 Å². The van der Waals surface area contributed by atoms with Gasteiger partial charge in [0.05, 0.1) is 30.4 Å². The summed E-state index contributed by atoms with van der Waals surface area (Å²) in [5.41, 5.74) is 2.51. The van der Waals surface area contributed by atoms with Crippen LogP contribution in [0.15, 0.2) is 71.6 Å². The van der Waals surface area contributed by atoms with Crippen molar-refractivity contribution in [3.8, 4) is 11.5 Å². The minimum absolute atomic E-state index is 0. The van der Waals surface area contributed by atoms with Gasteiger partial charge in [0.15, 0.2) is 0 Å². The molecule has 0 amide bonds. The second-order valence-electron chi connectivity index (χ2n) is 7.21. The molecule has 0 aliphatic heterocycles. The van der Waals surface area contributed by atoms with Crippen LogP contribution in [0.3, 0.4) is 0 Å². The van der Waals surface area contributed by atoms with Crippen molar-refractivity contribution in [1.82, 2.24) is 4.98 Å². The molecular weight excluding hydrogens is 465 g/mol. The number of thioether (sulfide) groups is 1. The Labute approximate surface area is 221 Å². The van der Waals surface area contributed by atoms with E-state index in [0.717, 1.165) is 41.7 Å². The summed E-state index contributed by atoms with van der Waals surface area (Å²) in [5, 5.41) is 11.6. The van der Waals surface area contributed by atoms with Gasteiger partial charge in [0.2, 0.25) is 0 Å². The molecule has 1 heterocycles. The number of carbonyl (C=O) groups is 1. The molecule has 2 aromatic carbocycles. The van der Waals surface area contributed by atoms with Gasteiger partial charge in [-0.05, 0) is 73.4 Å². The van der Waals surface area contributed by atoms with Gasteiger partial charge in [-0.2, -0.15) is 0 Å². The van der Waals surface area contributed by atoms with Crippen LogP contribution in [-0.4, -0.2) is 24.7 Å². The van der Waals surface area contributed by atoms with Gasteiger partial charge in [-0.3, -0.25) is 0 Å². The maximum atomic E-state index is 10.9. The van der Waals surface area contributed by atoms with Crippen LogP contribution in [0, 0.1) is 0 Å². The molecule has 0 atom stereocenters. The Morgan fingerprint density at radius 1 is 1.09 bits per heavy atom. The smallest absolute Gasteiger partial charge is 0.545 e. The molecule has 0 bridgehead atoms. The first-order chi connectivity index (χ1) is 16.0. The first kappa shape index (κ1) is 27.9. The van der Waals surface area contributed by atoms with Crippen molar-refractivity contribution in [2.45, 2.75) is 29.9 Å². The van der Waals surface area contributed by atoms with Gasteiger partial charge < -0.3 is 19.4 Å². The minimum Gasteiger partial charge on any atom is -0.545 e. The van der Waals surface area contributed by atoms with Gasteiger partial charge in [-0.15, -0.1) is 11.8 Å². The van der Waals surface area contributed by atoms with Crippen molar-refractivity contribution < 1.29 is 38.2 Å². The first-order valence-electron chi connectivity index (χ1n) is 10.6. The van der Waals surface area contributed by atoms with Crippen molar-refractivity contribution in [1.29, 1.82) is 0 Å². The van der Waals surface area contributed by atoms with Crippen molar-refractivity contribution >= 4 is 35.4 Å². The maximum absolute atomic E-state index is 10.9. The summed E-state index contributed by atoms with van der Waals surface area (Å²) in [6.45, 7) is 0.512. The molecule has 0 aliphatic rings. The second-order valence-corrected chi connectivity index (χ2v) is 8.64.